The summed E-state index contributed by atoms with van der Waals surface area (Å²) >= 11 is 18.2. The first-order valence-electron chi connectivity index (χ1n) is 8.37. The van der Waals surface area contributed by atoms with Crippen molar-refractivity contribution in [2.75, 3.05) is 19.8 Å². The van der Waals surface area contributed by atoms with Gasteiger partial charge in [-0.05, 0) is 42.5 Å². The van der Waals surface area contributed by atoms with Crippen molar-refractivity contribution in [1.29, 1.82) is 0 Å². The third-order valence-corrected chi connectivity index (χ3v) is 4.62. The molecule has 3 rings (SSSR count). The number of ether oxygens (including phenoxy) is 2. The Hall–Kier alpha value is -2.18. The Balaban J connectivity index is 1.81. The second-order valence-electron chi connectivity index (χ2n) is 5.68. The van der Waals surface area contributed by atoms with E-state index in [1.165, 1.54) is 0 Å². The Morgan fingerprint density at radius 3 is 2.39 bits per heavy atom. The van der Waals surface area contributed by atoms with Crippen LogP contribution in [0.3, 0.4) is 0 Å². The van der Waals surface area contributed by atoms with E-state index in [9.17, 15) is 5.11 Å². The van der Waals surface area contributed by atoms with Crippen LogP contribution in [0.4, 0.5) is 0 Å². The topological polar surface area (TPSA) is 56.5 Å². The molecule has 0 aliphatic heterocycles. The molecule has 1 aromatic heterocycles. The molecule has 28 heavy (non-hydrogen) atoms. The van der Waals surface area contributed by atoms with Gasteiger partial charge >= 0.3 is 0 Å². The van der Waals surface area contributed by atoms with Crippen LogP contribution < -0.4 is 4.74 Å². The van der Waals surface area contributed by atoms with E-state index in [2.05, 4.69) is 4.98 Å². The number of benzene rings is 2. The number of rotatable bonds is 8. The van der Waals surface area contributed by atoms with E-state index in [4.69, 9.17) is 44.3 Å². The van der Waals surface area contributed by atoms with Gasteiger partial charge in [0.15, 0.2) is 0 Å². The first-order valence-corrected chi connectivity index (χ1v) is 9.51. The third kappa shape index (κ3) is 5.20. The second kappa shape index (κ2) is 9.85. The molecule has 0 saturated carbocycles. The number of hydrogen-bond donors (Lipinski definition) is 1. The standard InChI is InChI=1S/C20H17Cl3N2O3/c21-14-1-4-16(5-2-14)27-9-10-28-20(17-6-3-15(22)11-18(17)23)19(12-26)25-8-7-24-13-25/h1-8,11,13,26H,9-10,12H2/b20-19+. The fourth-order valence-electron chi connectivity index (χ4n) is 2.51. The van der Waals surface area contributed by atoms with Crippen molar-refractivity contribution in [3.63, 3.8) is 0 Å². The molecule has 0 saturated heterocycles. The molecule has 0 aliphatic carbocycles. The Morgan fingerprint density at radius 1 is 1.00 bits per heavy atom. The van der Waals surface area contributed by atoms with Crippen LogP contribution in [0.25, 0.3) is 11.5 Å². The molecule has 146 valence electrons. The minimum absolute atomic E-state index is 0.231. The zero-order valence-electron chi connectivity index (χ0n) is 14.7. The number of aliphatic hydroxyl groups excluding tert-OH is 1. The molecule has 0 fully saturated rings. The van der Waals surface area contributed by atoms with E-state index in [-0.39, 0.29) is 13.2 Å². The normalized spacial score (nSPS) is 11.9. The molecule has 3 aromatic rings. The number of hydrogen-bond acceptors (Lipinski definition) is 4. The maximum Gasteiger partial charge on any atom is 0.150 e. The van der Waals surface area contributed by atoms with Gasteiger partial charge in [-0.3, -0.25) is 0 Å². The quantitative estimate of drug-likeness (QED) is 0.384. The highest BCUT2D eigenvalue weighted by Crippen LogP contribution is 2.31. The summed E-state index contributed by atoms with van der Waals surface area (Å²) in [6.45, 7) is 0.247. The van der Waals surface area contributed by atoms with Crippen molar-refractivity contribution in [3.8, 4) is 5.75 Å². The lowest BCUT2D eigenvalue weighted by molar-refractivity contribution is 0.193. The van der Waals surface area contributed by atoms with Gasteiger partial charge in [0, 0.05) is 28.0 Å². The first kappa shape index (κ1) is 20.6. The summed E-state index contributed by atoms with van der Waals surface area (Å²) in [5.74, 6) is 1.10. The van der Waals surface area contributed by atoms with Crippen molar-refractivity contribution in [3.05, 3.63) is 81.8 Å². The summed E-state index contributed by atoms with van der Waals surface area (Å²) in [6.07, 6.45) is 4.90. The Morgan fingerprint density at radius 2 is 1.75 bits per heavy atom. The zero-order chi connectivity index (χ0) is 19.9. The van der Waals surface area contributed by atoms with Gasteiger partial charge in [0.1, 0.15) is 24.7 Å². The predicted molar refractivity (Wildman–Crippen MR) is 112 cm³/mol. The van der Waals surface area contributed by atoms with E-state index in [1.807, 2.05) is 0 Å². The number of nitrogens with zero attached hydrogens (tertiary/aromatic N) is 2. The number of aromatic nitrogens is 2. The number of halogens is 3. The van der Waals surface area contributed by atoms with Crippen LogP contribution in [0.1, 0.15) is 5.56 Å². The van der Waals surface area contributed by atoms with Crippen LogP contribution in [0.2, 0.25) is 15.1 Å². The van der Waals surface area contributed by atoms with Crippen LogP contribution in [0.15, 0.2) is 61.2 Å². The highest BCUT2D eigenvalue weighted by molar-refractivity contribution is 6.35. The fraction of sp³-hybridized carbons (Fsp3) is 0.150. The van der Waals surface area contributed by atoms with Crippen molar-refractivity contribution in [2.24, 2.45) is 0 Å². The lowest BCUT2D eigenvalue weighted by Gasteiger charge is -2.18. The van der Waals surface area contributed by atoms with Crippen molar-refractivity contribution in [2.45, 2.75) is 0 Å². The SMILES string of the molecule is OC/C(=C(\OCCOc1ccc(Cl)cc1)c1ccc(Cl)cc1Cl)n1ccnc1. The van der Waals surface area contributed by atoms with Crippen molar-refractivity contribution < 1.29 is 14.6 Å². The van der Waals surface area contributed by atoms with Gasteiger partial charge in [-0.15, -0.1) is 0 Å². The van der Waals surface area contributed by atoms with Gasteiger partial charge in [0.2, 0.25) is 0 Å². The number of aliphatic hydroxyl groups is 1. The monoisotopic (exact) mass is 438 g/mol. The van der Waals surface area contributed by atoms with Crippen LogP contribution in [0.5, 0.6) is 5.75 Å². The molecule has 0 aliphatic rings. The van der Waals surface area contributed by atoms with Crippen molar-refractivity contribution >= 4 is 46.3 Å². The summed E-state index contributed by atoms with van der Waals surface area (Å²) in [6, 6.07) is 12.1. The smallest absolute Gasteiger partial charge is 0.150 e. The minimum atomic E-state index is -0.275. The molecule has 0 atom stereocenters. The first-order chi connectivity index (χ1) is 13.6. The summed E-state index contributed by atoms with van der Waals surface area (Å²) in [7, 11) is 0. The highest BCUT2D eigenvalue weighted by Gasteiger charge is 2.16. The average molecular weight is 440 g/mol. The van der Waals surface area contributed by atoms with E-state index in [0.717, 1.165) is 0 Å². The van der Waals surface area contributed by atoms with Crippen LogP contribution in [-0.2, 0) is 4.74 Å². The van der Waals surface area contributed by atoms with Crippen LogP contribution >= 0.6 is 34.8 Å². The average Bonchev–Trinajstić information content (AvgIpc) is 3.20. The van der Waals surface area contributed by atoms with Gasteiger partial charge in [-0.1, -0.05) is 34.8 Å². The lowest BCUT2D eigenvalue weighted by Crippen LogP contribution is -2.11. The predicted octanol–water partition coefficient (Wildman–Crippen LogP) is 5.26. The molecule has 1 N–H and O–H groups in total. The molecule has 0 amide bonds. The zero-order valence-corrected chi connectivity index (χ0v) is 17.0. The second-order valence-corrected chi connectivity index (χ2v) is 6.96. The summed E-state index contributed by atoms with van der Waals surface area (Å²) in [5, 5.41) is 11.5. The minimum Gasteiger partial charge on any atom is -0.490 e. The largest absolute Gasteiger partial charge is 0.490 e. The lowest BCUT2D eigenvalue weighted by atomic mass is 10.1. The molecule has 8 heteroatoms. The molecule has 0 radical (unpaired) electrons. The molecule has 1 heterocycles. The Kier molecular flexibility index (Phi) is 7.23. The molecule has 0 unspecified atom stereocenters. The number of imidazole rings is 1. The fourth-order valence-corrected chi connectivity index (χ4v) is 3.13. The molecule has 5 nitrogen and oxygen atoms in total. The van der Waals surface area contributed by atoms with Gasteiger partial charge in [-0.25, -0.2) is 4.98 Å². The third-order valence-electron chi connectivity index (χ3n) is 3.82. The van der Waals surface area contributed by atoms with Gasteiger partial charge in [-0.2, -0.15) is 0 Å². The highest BCUT2D eigenvalue weighted by atomic mass is 35.5. The molecular formula is C20H17Cl3N2O3. The molecule has 0 spiro atoms. The summed E-state index contributed by atoms with van der Waals surface area (Å²) in [5.41, 5.74) is 1.10. The van der Waals surface area contributed by atoms with Gasteiger partial charge in [0.25, 0.3) is 0 Å². The van der Waals surface area contributed by atoms with Crippen LogP contribution in [-0.4, -0.2) is 34.5 Å². The van der Waals surface area contributed by atoms with E-state index in [1.54, 1.807) is 65.8 Å². The molecular weight excluding hydrogens is 423 g/mol. The molecule has 2 aromatic carbocycles. The summed E-state index contributed by atoms with van der Waals surface area (Å²) in [4.78, 5) is 4.02. The Bertz CT molecular complexity index is 942. The Labute approximate surface area is 177 Å². The van der Waals surface area contributed by atoms with Gasteiger partial charge < -0.3 is 19.1 Å². The maximum absolute atomic E-state index is 9.94. The van der Waals surface area contributed by atoms with Crippen LogP contribution in [0, 0.1) is 0 Å². The summed E-state index contributed by atoms with van der Waals surface area (Å²) < 4.78 is 13.3. The van der Waals surface area contributed by atoms with E-state index in [0.29, 0.717) is 44.4 Å². The maximum atomic E-state index is 9.94. The van der Waals surface area contributed by atoms with E-state index >= 15 is 0 Å². The van der Waals surface area contributed by atoms with Gasteiger partial charge in [0.05, 0.1) is 23.7 Å². The van der Waals surface area contributed by atoms with E-state index < -0.39 is 0 Å². The van der Waals surface area contributed by atoms with Crippen molar-refractivity contribution in [1.82, 2.24) is 9.55 Å². The molecule has 0 bridgehead atoms.